The quantitative estimate of drug-likeness (QED) is 0.722. The molecule has 0 N–H and O–H groups in total. The van der Waals surface area contributed by atoms with Crippen molar-refractivity contribution in [3.05, 3.63) is 29.3 Å². The van der Waals surface area contributed by atoms with Crippen LogP contribution in [0.15, 0.2) is 18.2 Å². The zero-order chi connectivity index (χ0) is 11.0. The number of carbonyl (C=O) groups is 1. The van der Waals surface area contributed by atoms with Crippen molar-refractivity contribution in [1.29, 1.82) is 0 Å². The number of hydrogen-bond donors (Lipinski definition) is 1. The molecular weight excluding hydrogens is 206 g/mol. The molecule has 3 heteroatoms. The summed E-state index contributed by atoms with van der Waals surface area (Å²) in [6, 6.07) is 6.19. The van der Waals surface area contributed by atoms with Crippen molar-refractivity contribution >= 4 is 24.2 Å². The lowest BCUT2D eigenvalue weighted by Crippen LogP contribution is -2.25. The van der Waals surface area contributed by atoms with Crippen molar-refractivity contribution in [2.75, 3.05) is 11.4 Å². The number of aryl methyl sites for hydroxylation is 2. The van der Waals surface area contributed by atoms with Crippen molar-refractivity contribution in [2.24, 2.45) is 0 Å². The third-order valence-electron chi connectivity index (χ3n) is 2.76. The van der Waals surface area contributed by atoms with E-state index in [-0.39, 0.29) is 11.2 Å². The van der Waals surface area contributed by atoms with Gasteiger partial charge < -0.3 is 4.90 Å². The molecule has 1 saturated heterocycles. The molecule has 1 fully saturated rings. The van der Waals surface area contributed by atoms with Gasteiger partial charge in [0, 0.05) is 23.9 Å². The molecule has 1 aliphatic heterocycles. The molecule has 80 valence electrons. The smallest absolute Gasteiger partial charge is 0.228 e. The fourth-order valence-electron chi connectivity index (χ4n) is 1.93. The molecule has 0 aromatic heterocycles. The minimum Gasteiger partial charge on any atom is -0.311 e. The maximum absolute atomic E-state index is 11.7. The van der Waals surface area contributed by atoms with Gasteiger partial charge >= 0.3 is 0 Å². The van der Waals surface area contributed by atoms with Gasteiger partial charge in [-0.15, -0.1) is 0 Å². The van der Waals surface area contributed by atoms with Crippen LogP contribution in [-0.2, 0) is 4.79 Å². The summed E-state index contributed by atoms with van der Waals surface area (Å²) < 4.78 is 0. The molecule has 0 aliphatic carbocycles. The molecule has 1 aliphatic rings. The molecule has 0 bridgehead atoms. The summed E-state index contributed by atoms with van der Waals surface area (Å²) in [5.41, 5.74) is 3.37. The van der Waals surface area contributed by atoms with Gasteiger partial charge in [-0.05, 0) is 31.0 Å². The van der Waals surface area contributed by atoms with Gasteiger partial charge in [0.25, 0.3) is 0 Å². The minimum absolute atomic E-state index is 0.178. The van der Waals surface area contributed by atoms with E-state index in [9.17, 15) is 4.79 Å². The SMILES string of the molecule is Cc1ccc(C)c(N2CC(S)CC2=O)c1. The lowest BCUT2D eigenvalue weighted by atomic mass is 10.1. The number of nitrogens with zero attached hydrogens (tertiary/aromatic N) is 1. The van der Waals surface area contributed by atoms with Gasteiger partial charge in [-0.3, -0.25) is 4.79 Å². The Morgan fingerprint density at radius 1 is 1.40 bits per heavy atom. The van der Waals surface area contributed by atoms with Gasteiger partial charge in [-0.2, -0.15) is 12.6 Å². The van der Waals surface area contributed by atoms with Crippen LogP contribution in [0.1, 0.15) is 17.5 Å². The van der Waals surface area contributed by atoms with Gasteiger partial charge in [0.1, 0.15) is 0 Å². The number of hydrogen-bond acceptors (Lipinski definition) is 2. The van der Waals surface area contributed by atoms with Crippen LogP contribution in [0, 0.1) is 13.8 Å². The summed E-state index contributed by atoms with van der Waals surface area (Å²) >= 11 is 4.36. The topological polar surface area (TPSA) is 20.3 Å². The van der Waals surface area contributed by atoms with E-state index in [1.165, 1.54) is 5.56 Å². The highest BCUT2D eigenvalue weighted by Crippen LogP contribution is 2.27. The molecule has 0 radical (unpaired) electrons. The zero-order valence-electron chi connectivity index (χ0n) is 9.03. The fraction of sp³-hybridized carbons (Fsp3) is 0.417. The average Bonchev–Trinajstić information content (AvgIpc) is 2.50. The predicted molar refractivity (Wildman–Crippen MR) is 65.7 cm³/mol. The Morgan fingerprint density at radius 2 is 2.13 bits per heavy atom. The van der Waals surface area contributed by atoms with Crippen molar-refractivity contribution in [3.63, 3.8) is 0 Å². The minimum atomic E-state index is 0.178. The summed E-state index contributed by atoms with van der Waals surface area (Å²) in [6.45, 7) is 4.81. The highest BCUT2D eigenvalue weighted by atomic mass is 32.1. The summed E-state index contributed by atoms with van der Waals surface area (Å²) in [6.07, 6.45) is 0.552. The highest BCUT2D eigenvalue weighted by Gasteiger charge is 2.28. The third-order valence-corrected chi connectivity index (χ3v) is 3.11. The predicted octanol–water partition coefficient (Wildman–Crippen LogP) is 2.34. The van der Waals surface area contributed by atoms with E-state index in [0.717, 1.165) is 17.8 Å². The molecular formula is C12H15NOS. The lowest BCUT2D eigenvalue weighted by Gasteiger charge is -2.19. The highest BCUT2D eigenvalue weighted by molar-refractivity contribution is 7.81. The second-order valence-electron chi connectivity index (χ2n) is 4.15. The molecule has 2 rings (SSSR count). The van der Waals surface area contributed by atoms with Crippen molar-refractivity contribution in [3.8, 4) is 0 Å². The van der Waals surface area contributed by atoms with Crippen LogP contribution in [-0.4, -0.2) is 17.7 Å². The van der Waals surface area contributed by atoms with Crippen molar-refractivity contribution in [2.45, 2.75) is 25.5 Å². The Morgan fingerprint density at radius 3 is 2.73 bits per heavy atom. The van der Waals surface area contributed by atoms with E-state index in [0.29, 0.717) is 6.42 Å². The van der Waals surface area contributed by atoms with Gasteiger partial charge in [0.15, 0.2) is 0 Å². The standard InChI is InChI=1S/C12H15NOS/c1-8-3-4-9(2)11(5-8)13-7-10(15)6-12(13)14/h3-5,10,15H,6-7H2,1-2H3. The van der Waals surface area contributed by atoms with E-state index in [2.05, 4.69) is 30.8 Å². The van der Waals surface area contributed by atoms with Crippen LogP contribution < -0.4 is 4.90 Å². The Bertz CT molecular complexity index is 403. The molecule has 1 heterocycles. The largest absolute Gasteiger partial charge is 0.311 e. The first-order valence-electron chi connectivity index (χ1n) is 5.13. The van der Waals surface area contributed by atoms with Crippen LogP contribution in [0.5, 0.6) is 0 Å². The number of thiol groups is 1. The maximum Gasteiger partial charge on any atom is 0.228 e. The monoisotopic (exact) mass is 221 g/mol. The summed E-state index contributed by atoms with van der Waals surface area (Å²) in [5.74, 6) is 0.184. The molecule has 1 aromatic rings. The van der Waals surface area contributed by atoms with Crippen LogP contribution in [0.3, 0.4) is 0 Å². The van der Waals surface area contributed by atoms with E-state index in [4.69, 9.17) is 0 Å². The Balaban J connectivity index is 2.37. The van der Waals surface area contributed by atoms with E-state index in [1.807, 2.05) is 18.7 Å². The van der Waals surface area contributed by atoms with Crippen LogP contribution in [0.2, 0.25) is 0 Å². The average molecular weight is 221 g/mol. The molecule has 1 amide bonds. The van der Waals surface area contributed by atoms with E-state index < -0.39 is 0 Å². The summed E-state index contributed by atoms with van der Waals surface area (Å²) in [5, 5.41) is 0.178. The Labute approximate surface area is 95.7 Å². The van der Waals surface area contributed by atoms with Crippen LogP contribution in [0.4, 0.5) is 5.69 Å². The van der Waals surface area contributed by atoms with Gasteiger partial charge in [0.05, 0.1) is 0 Å². The van der Waals surface area contributed by atoms with Crippen LogP contribution in [0.25, 0.3) is 0 Å². The molecule has 1 atom stereocenters. The zero-order valence-corrected chi connectivity index (χ0v) is 9.92. The molecule has 15 heavy (non-hydrogen) atoms. The molecule has 1 unspecified atom stereocenters. The summed E-state index contributed by atoms with van der Waals surface area (Å²) in [7, 11) is 0. The number of benzene rings is 1. The molecule has 0 spiro atoms. The fourth-order valence-corrected chi connectivity index (χ4v) is 2.25. The number of carbonyl (C=O) groups excluding carboxylic acids is 1. The molecule has 0 saturated carbocycles. The number of rotatable bonds is 1. The number of anilines is 1. The third kappa shape index (κ3) is 2.02. The second-order valence-corrected chi connectivity index (χ2v) is 4.88. The maximum atomic E-state index is 11.7. The van der Waals surface area contributed by atoms with Gasteiger partial charge in [0.2, 0.25) is 5.91 Å². The first kappa shape index (κ1) is 10.6. The number of amides is 1. The van der Waals surface area contributed by atoms with Gasteiger partial charge in [-0.1, -0.05) is 12.1 Å². The van der Waals surface area contributed by atoms with Crippen molar-refractivity contribution < 1.29 is 4.79 Å². The molecule has 1 aromatic carbocycles. The Kier molecular flexibility index (Phi) is 2.74. The van der Waals surface area contributed by atoms with Gasteiger partial charge in [-0.25, -0.2) is 0 Å². The van der Waals surface area contributed by atoms with E-state index >= 15 is 0 Å². The lowest BCUT2D eigenvalue weighted by molar-refractivity contribution is -0.117. The first-order chi connectivity index (χ1) is 7.08. The van der Waals surface area contributed by atoms with Crippen molar-refractivity contribution in [1.82, 2.24) is 0 Å². The molecule has 2 nitrogen and oxygen atoms in total. The van der Waals surface area contributed by atoms with E-state index in [1.54, 1.807) is 0 Å². The second kappa shape index (κ2) is 3.89. The normalized spacial score (nSPS) is 21.1. The first-order valence-corrected chi connectivity index (χ1v) is 5.65. The van der Waals surface area contributed by atoms with Crippen LogP contribution >= 0.6 is 12.6 Å². The summed E-state index contributed by atoms with van der Waals surface area (Å²) in [4.78, 5) is 13.6. The Hall–Kier alpha value is -0.960.